The van der Waals surface area contributed by atoms with Crippen LogP contribution in [0.4, 0.5) is 8.78 Å². The Morgan fingerprint density at radius 3 is 2.89 bits per heavy atom. The van der Waals surface area contributed by atoms with Gasteiger partial charge < -0.3 is 5.32 Å². The van der Waals surface area contributed by atoms with Gasteiger partial charge in [-0.2, -0.15) is 0 Å². The molecule has 2 unspecified atom stereocenters. The lowest BCUT2D eigenvalue weighted by Crippen LogP contribution is -2.42. The van der Waals surface area contributed by atoms with E-state index in [0.29, 0.717) is 12.1 Å². The molecule has 18 heavy (non-hydrogen) atoms. The maximum Gasteiger partial charge on any atom is 0.142 e. The molecule has 0 bridgehead atoms. The van der Waals surface area contributed by atoms with Crippen molar-refractivity contribution in [3.63, 3.8) is 0 Å². The van der Waals surface area contributed by atoms with Crippen molar-refractivity contribution in [2.75, 3.05) is 13.1 Å². The van der Waals surface area contributed by atoms with Crippen LogP contribution in [-0.4, -0.2) is 18.8 Å². The summed E-state index contributed by atoms with van der Waals surface area (Å²) in [5.41, 5.74) is -0.652. The Kier molecular flexibility index (Phi) is 4.23. The van der Waals surface area contributed by atoms with Crippen LogP contribution < -0.4 is 5.32 Å². The molecule has 1 aromatic carbocycles. The van der Waals surface area contributed by atoms with Crippen LogP contribution in [0.3, 0.4) is 0 Å². The molecule has 1 aromatic rings. The second-order valence-corrected chi connectivity index (χ2v) is 5.65. The molecule has 1 saturated heterocycles. The van der Waals surface area contributed by atoms with E-state index in [1.165, 1.54) is 12.1 Å². The van der Waals surface area contributed by atoms with E-state index < -0.39 is 11.5 Å². The molecule has 2 rings (SSSR count). The van der Waals surface area contributed by atoms with Crippen molar-refractivity contribution in [2.45, 2.75) is 31.9 Å². The molecule has 1 heterocycles. The predicted octanol–water partition coefficient (Wildman–Crippen LogP) is 3.75. The average Bonchev–Trinajstić information content (AvgIpc) is 2.35. The van der Waals surface area contributed by atoms with Gasteiger partial charge in [0.15, 0.2) is 0 Å². The van der Waals surface area contributed by atoms with Crippen molar-refractivity contribution in [2.24, 2.45) is 5.92 Å². The van der Waals surface area contributed by atoms with Gasteiger partial charge in [-0.1, -0.05) is 17.7 Å². The van der Waals surface area contributed by atoms with Crippen LogP contribution >= 0.6 is 11.6 Å². The Hall–Kier alpha value is -0.670. The summed E-state index contributed by atoms with van der Waals surface area (Å²) in [5.74, 6) is -0.489. The lowest BCUT2D eigenvalue weighted by Gasteiger charge is -2.34. The van der Waals surface area contributed by atoms with Gasteiger partial charge in [0, 0.05) is 18.9 Å². The summed E-state index contributed by atoms with van der Waals surface area (Å²) in [6.07, 6.45) is 2.11. The summed E-state index contributed by atoms with van der Waals surface area (Å²) in [6.45, 7) is 3.27. The number of hydrogen-bond donors (Lipinski definition) is 1. The first-order valence-electron chi connectivity index (χ1n) is 6.32. The van der Waals surface area contributed by atoms with Gasteiger partial charge in [-0.05, 0) is 44.0 Å². The Bertz CT molecular complexity index is 414. The van der Waals surface area contributed by atoms with E-state index in [9.17, 15) is 8.78 Å². The fourth-order valence-electron chi connectivity index (χ4n) is 2.56. The van der Waals surface area contributed by atoms with E-state index in [2.05, 4.69) is 5.32 Å². The molecule has 0 saturated carbocycles. The Balaban J connectivity index is 2.08. The standard InChI is InChI=1S/C14H18ClF2N/c1-14(17,11-3-2-6-18-9-11)8-10-4-5-12(15)13(16)7-10/h4-5,7,11,18H,2-3,6,8-9H2,1H3. The van der Waals surface area contributed by atoms with Crippen LogP contribution in [0.5, 0.6) is 0 Å². The highest BCUT2D eigenvalue weighted by molar-refractivity contribution is 6.30. The third-order valence-corrected chi connectivity index (χ3v) is 3.99. The first-order chi connectivity index (χ1) is 8.49. The van der Waals surface area contributed by atoms with E-state index in [1.807, 2.05) is 0 Å². The molecule has 1 fully saturated rings. The number of hydrogen-bond acceptors (Lipinski definition) is 1. The highest BCUT2D eigenvalue weighted by atomic mass is 35.5. The molecular weight excluding hydrogens is 256 g/mol. The molecule has 0 spiro atoms. The zero-order valence-corrected chi connectivity index (χ0v) is 11.2. The second kappa shape index (κ2) is 5.54. The van der Waals surface area contributed by atoms with Crippen LogP contribution in [0, 0.1) is 11.7 Å². The molecule has 100 valence electrons. The molecule has 1 nitrogen and oxygen atoms in total. The minimum Gasteiger partial charge on any atom is -0.316 e. The predicted molar refractivity (Wildman–Crippen MR) is 70.2 cm³/mol. The molecule has 1 aliphatic heterocycles. The third kappa shape index (κ3) is 3.21. The molecule has 0 amide bonds. The number of piperidine rings is 1. The highest BCUT2D eigenvalue weighted by Gasteiger charge is 2.35. The van der Waals surface area contributed by atoms with Gasteiger partial charge in [0.05, 0.1) is 5.02 Å². The average molecular weight is 274 g/mol. The van der Waals surface area contributed by atoms with Crippen LogP contribution in [0.25, 0.3) is 0 Å². The van der Waals surface area contributed by atoms with Gasteiger partial charge in [-0.3, -0.25) is 0 Å². The summed E-state index contributed by atoms with van der Waals surface area (Å²) < 4.78 is 28.0. The zero-order valence-electron chi connectivity index (χ0n) is 10.5. The largest absolute Gasteiger partial charge is 0.316 e. The van der Waals surface area contributed by atoms with Gasteiger partial charge in [0.25, 0.3) is 0 Å². The Labute approximate surface area is 112 Å². The smallest absolute Gasteiger partial charge is 0.142 e. The quantitative estimate of drug-likeness (QED) is 0.884. The highest BCUT2D eigenvalue weighted by Crippen LogP contribution is 2.31. The molecule has 0 radical (unpaired) electrons. The van der Waals surface area contributed by atoms with Gasteiger partial charge in [0.1, 0.15) is 11.5 Å². The van der Waals surface area contributed by atoms with Crippen LogP contribution in [-0.2, 0) is 6.42 Å². The van der Waals surface area contributed by atoms with Gasteiger partial charge >= 0.3 is 0 Å². The summed E-state index contributed by atoms with van der Waals surface area (Å²) in [4.78, 5) is 0. The zero-order chi connectivity index (χ0) is 13.2. The normalized spacial score (nSPS) is 23.7. The first-order valence-corrected chi connectivity index (χ1v) is 6.70. The van der Waals surface area contributed by atoms with Crippen LogP contribution in [0.1, 0.15) is 25.3 Å². The maximum absolute atomic E-state index is 14.7. The van der Waals surface area contributed by atoms with Gasteiger partial charge in [-0.15, -0.1) is 0 Å². The van der Waals surface area contributed by atoms with E-state index in [-0.39, 0.29) is 17.4 Å². The molecule has 1 aliphatic rings. The molecule has 2 atom stereocenters. The first kappa shape index (κ1) is 13.8. The lowest BCUT2D eigenvalue weighted by molar-refractivity contribution is 0.0833. The van der Waals surface area contributed by atoms with Crippen molar-refractivity contribution in [3.8, 4) is 0 Å². The molecule has 4 heteroatoms. The summed E-state index contributed by atoms with van der Waals surface area (Å²) in [6, 6.07) is 4.51. The van der Waals surface area contributed by atoms with Gasteiger partial charge in [-0.25, -0.2) is 8.78 Å². The number of nitrogens with one attached hydrogen (secondary N) is 1. The van der Waals surface area contributed by atoms with Crippen LogP contribution in [0.2, 0.25) is 5.02 Å². The molecule has 1 N–H and O–H groups in total. The lowest BCUT2D eigenvalue weighted by atomic mass is 9.81. The Morgan fingerprint density at radius 1 is 1.50 bits per heavy atom. The van der Waals surface area contributed by atoms with E-state index >= 15 is 0 Å². The maximum atomic E-state index is 14.7. The number of benzene rings is 1. The van der Waals surface area contributed by atoms with E-state index in [0.717, 1.165) is 19.4 Å². The topological polar surface area (TPSA) is 12.0 Å². The van der Waals surface area contributed by atoms with E-state index in [4.69, 9.17) is 11.6 Å². The second-order valence-electron chi connectivity index (χ2n) is 5.25. The third-order valence-electron chi connectivity index (χ3n) is 3.68. The number of alkyl halides is 1. The summed E-state index contributed by atoms with van der Waals surface area (Å²) in [7, 11) is 0. The molecular formula is C14H18ClF2N. The number of rotatable bonds is 3. The van der Waals surface area contributed by atoms with Crippen molar-refractivity contribution in [3.05, 3.63) is 34.6 Å². The minimum absolute atomic E-state index is 0.00927. The Morgan fingerprint density at radius 2 is 2.28 bits per heavy atom. The fourth-order valence-corrected chi connectivity index (χ4v) is 2.68. The van der Waals surface area contributed by atoms with Crippen molar-refractivity contribution < 1.29 is 8.78 Å². The minimum atomic E-state index is -1.31. The molecule has 0 aromatic heterocycles. The van der Waals surface area contributed by atoms with Crippen molar-refractivity contribution >= 4 is 11.6 Å². The fraction of sp³-hybridized carbons (Fsp3) is 0.571. The summed E-state index contributed by atoms with van der Waals surface area (Å²) in [5, 5.41) is 3.29. The number of halogens is 3. The molecule has 0 aliphatic carbocycles. The van der Waals surface area contributed by atoms with Crippen LogP contribution in [0.15, 0.2) is 18.2 Å². The summed E-state index contributed by atoms with van der Waals surface area (Å²) >= 11 is 5.62. The monoisotopic (exact) mass is 273 g/mol. The van der Waals surface area contributed by atoms with Crippen molar-refractivity contribution in [1.82, 2.24) is 5.32 Å². The van der Waals surface area contributed by atoms with Gasteiger partial charge in [0.2, 0.25) is 0 Å². The SMILES string of the molecule is CC(F)(Cc1ccc(Cl)c(F)c1)C1CCCNC1. The van der Waals surface area contributed by atoms with Crippen molar-refractivity contribution in [1.29, 1.82) is 0 Å². The van der Waals surface area contributed by atoms with E-state index in [1.54, 1.807) is 13.0 Å².